The van der Waals surface area contributed by atoms with Crippen LogP contribution >= 0.6 is 12.6 Å². The molecule has 1 unspecified atom stereocenters. The number of amides is 1. The zero-order valence-electron chi connectivity index (χ0n) is 9.14. The van der Waals surface area contributed by atoms with Crippen molar-refractivity contribution in [2.24, 2.45) is 0 Å². The van der Waals surface area contributed by atoms with Crippen molar-refractivity contribution in [3.05, 3.63) is 29.6 Å². The molecule has 0 radical (unpaired) electrons. The number of hydrogen-bond donors (Lipinski definition) is 2. The van der Waals surface area contributed by atoms with Crippen molar-refractivity contribution in [3.8, 4) is 0 Å². The van der Waals surface area contributed by atoms with Gasteiger partial charge < -0.3 is 10.0 Å². The van der Waals surface area contributed by atoms with Gasteiger partial charge >= 0.3 is 0 Å². The van der Waals surface area contributed by atoms with Crippen LogP contribution in [-0.2, 0) is 0 Å². The number of aliphatic hydroxyl groups is 1. The molecule has 0 saturated carbocycles. The van der Waals surface area contributed by atoms with E-state index in [1.54, 1.807) is 6.92 Å². The van der Waals surface area contributed by atoms with E-state index < -0.39 is 17.8 Å². The van der Waals surface area contributed by atoms with Crippen molar-refractivity contribution in [2.75, 3.05) is 13.6 Å². The molecule has 1 atom stereocenters. The molecule has 0 heterocycles. The summed E-state index contributed by atoms with van der Waals surface area (Å²) in [4.78, 5) is 13.6. The van der Waals surface area contributed by atoms with Gasteiger partial charge in [-0.15, -0.1) is 12.6 Å². The fraction of sp³-hybridized carbons (Fsp3) is 0.364. The van der Waals surface area contributed by atoms with Crippen LogP contribution in [0, 0.1) is 5.82 Å². The lowest BCUT2D eigenvalue weighted by atomic mass is 10.2. The summed E-state index contributed by atoms with van der Waals surface area (Å²) in [5.74, 6) is -1.05. The monoisotopic (exact) mass is 243 g/mol. The second-order valence-corrected chi connectivity index (χ2v) is 4.22. The molecule has 0 aliphatic heterocycles. The molecule has 16 heavy (non-hydrogen) atoms. The first-order chi connectivity index (χ1) is 7.41. The van der Waals surface area contributed by atoms with E-state index in [-0.39, 0.29) is 12.1 Å². The van der Waals surface area contributed by atoms with E-state index in [2.05, 4.69) is 12.6 Å². The van der Waals surface area contributed by atoms with Gasteiger partial charge in [-0.1, -0.05) is 0 Å². The summed E-state index contributed by atoms with van der Waals surface area (Å²) in [5, 5.41) is 9.14. The molecule has 5 heteroatoms. The number of hydrogen-bond acceptors (Lipinski definition) is 3. The molecule has 1 N–H and O–H groups in total. The zero-order chi connectivity index (χ0) is 12.3. The van der Waals surface area contributed by atoms with Gasteiger partial charge in [0.05, 0.1) is 11.7 Å². The molecule has 0 aliphatic carbocycles. The number of carbonyl (C=O) groups excluding carboxylic acids is 1. The molecule has 0 spiro atoms. The number of rotatable bonds is 3. The first-order valence-corrected chi connectivity index (χ1v) is 5.28. The Morgan fingerprint density at radius 1 is 1.62 bits per heavy atom. The van der Waals surface area contributed by atoms with Gasteiger partial charge in [-0.05, 0) is 25.1 Å². The maximum absolute atomic E-state index is 13.4. The van der Waals surface area contributed by atoms with Gasteiger partial charge in [0.2, 0.25) is 0 Å². The molecule has 1 aromatic carbocycles. The van der Waals surface area contributed by atoms with E-state index >= 15 is 0 Å². The summed E-state index contributed by atoms with van der Waals surface area (Å²) in [6.45, 7) is 1.73. The minimum absolute atomic E-state index is 0.0318. The summed E-state index contributed by atoms with van der Waals surface area (Å²) in [6, 6.07) is 4.05. The Kier molecular flexibility index (Phi) is 4.32. The van der Waals surface area contributed by atoms with E-state index in [0.29, 0.717) is 4.90 Å². The molecule has 0 aliphatic rings. The predicted octanol–water partition coefficient (Wildman–Crippen LogP) is 1.57. The van der Waals surface area contributed by atoms with Crippen LogP contribution in [-0.4, -0.2) is 35.6 Å². The number of thiol groups is 1. The Bertz CT molecular complexity index is 396. The molecule has 1 amide bonds. The van der Waals surface area contributed by atoms with Crippen molar-refractivity contribution >= 4 is 18.5 Å². The number of aliphatic hydroxyl groups excluding tert-OH is 1. The first-order valence-electron chi connectivity index (χ1n) is 4.84. The van der Waals surface area contributed by atoms with Crippen LogP contribution in [0.5, 0.6) is 0 Å². The lowest BCUT2D eigenvalue weighted by molar-refractivity contribution is 0.0699. The lowest BCUT2D eigenvalue weighted by Gasteiger charge is -2.19. The van der Waals surface area contributed by atoms with E-state index in [9.17, 15) is 9.18 Å². The van der Waals surface area contributed by atoms with Crippen molar-refractivity contribution in [1.82, 2.24) is 4.90 Å². The SMILES string of the molecule is CC(O)CN(C)C(=O)c1cc(S)ccc1F. The highest BCUT2D eigenvalue weighted by molar-refractivity contribution is 7.80. The van der Waals surface area contributed by atoms with Gasteiger partial charge in [0, 0.05) is 18.5 Å². The molecule has 88 valence electrons. The van der Waals surface area contributed by atoms with Crippen LogP contribution < -0.4 is 0 Å². The molecule has 0 bridgehead atoms. The molecule has 3 nitrogen and oxygen atoms in total. The highest BCUT2D eigenvalue weighted by Gasteiger charge is 2.17. The maximum atomic E-state index is 13.4. The van der Waals surface area contributed by atoms with Gasteiger partial charge in [0.15, 0.2) is 0 Å². The van der Waals surface area contributed by atoms with Gasteiger partial charge in [-0.3, -0.25) is 4.79 Å². The third-order valence-electron chi connectivity index (χ3n) is 2.07. The fourth-order valence-corrected chi connectivity index (χ4v) is 1.57. The summed E-state index contributed by atoms with van der Waals surface area (Å²) in [7, 11) is 1.51. The van der Waals surface area contributed by atoms with E-state index in [0.717, 1.165) is 0 Å². The van der Waals surface area contributed by atoms with E-state index in [4.69, 9.17) is 5.11 Å². The molecular formula is C11H14FNO2S. The minimum atomic E-state index is -0.642. The second kappa shape index (κ2) is 5.32. The Balaban J connectivity index is 2.91. The van der Waals surface area contributed by atoms with E-state index in [1.807, 2.05) is 0 Å². The third-order valence-corrected chi connectivity index (χ3v) is 2.34. The summed E-state index contributed by atoms with van der Waals surface area (Å²) < 4.78 is 13.4. The smallest absolute Gasteiger partial charge is 0.256 e. The van der Waals surface area contributed by atoms with E-state index in [1.165, 1.54) is 30.1 Å². The number of likely N-dealkylation sites (N-methyl/N-ethyl adjacent to an activating group) is 1. The molecule has 0 saturated heterocycles. The number of carbonyl (C=O) groups is 1. The van der Waals surface area contributed by atoms with Gasteiger partial charge in [0.1, 0.15) is 5.82 Å². The van der Waals surface area contributed by atoms with Crippen LogP contribution in [0.2, 0.25) is 0 Å². The predicted molar refractivity (Wildman–Crippen MR) is 62.3 cm³/mol. The Morgan fingerprint density at radius 3 is 2.81 bits per heavy atom. The van der Waals surface area contributed by atoms with Crippen molar-refractivity contribution in [2.45, 2.75) is 17.9 Å². The standard InChI is InChI=1S/C11H14FNO2S/c1-7(14)6-13(2)11(15)9-5-8(16)3-4-10(9)12/h3-5,7,14,16H,6H2,1-2H3. The largest absolute Gasteiger partial charge is 0.392 e. The lowest BCUT2D eigenvalue weighted by Crippen LogP contribution is -2.33. The second-order valence-electron chi connectivity index (χ2n) is 3.70. The number of nitrogens with zero attached hydrogens (tertiary/aromatic N) is 1. The fourth-order valence-electron chi connectivity index (χ4n) is 1.36. The quantitative estimate of drug-likeness (QED) is 0.791. The average Bonchev–Trinajstić information content (AvgIpc) is 2.19. The van der Waals surface area contributed by atoms with Crippen molar-refractivity contribution < 1.29 is 14.3 Å². The maximum Gasteiger partial charge on any atom is 0.256 e. The van der Waals surface area contributed by atoms with Crippen LogP contribution in [0.25, 0.3) is 0 Å². The Labute approximate surface area is 99.3 Å². The van der Waals surface area contributed by atoms with Gasteiger partial charge in [0.25, 0.3) is 5.91 Å². The van der Waals surface area contributed by atoms with Crippen LogP contribution in [0.4, 0.5) is 4.39 Å². The molecular weight excluding hydrogens is 229 g/mol. The topological polar surface area (TPSA) is 40.5 Å². The normalized spacial score (nSPS) is 12.3. The zero-order valence-corrected chi connectivity index (χ0v) is 10.0. The molecule has 0 aromatic heterocycles. The van der Waals surface area contributed by atoms with Crippen LogP contribution in [0.1, 0.15) is 17.3 Å². The highest BCUT2D eigenvalue weighted by Crippen LogP contribution is 2.15. The summed E-state index contributed by atoms with van der Waals surface area (Å²) in [5.41, 5.74) is -0.0318. The molecule has 0 fully saturated rings. The van der Waals surface area contributed by atoms with Crippen LogP contribution in [0.15, 0.2) is 23.1 Å². The summed E-state index contributed by atoms with van der Waals surface area (Å²) >= 11 is 4.05. The molecule has 1 rings (SSSR count). The number of halogens is 1. The van der Waals surface area contributed by atoms with Gasteiger partial charge in [-0.25, -0.2) is 4.39 Å². The van der Waals surface area contributed by atoms with Crippen LogP contribution in [0.3, 0.4) is 0 Å². The van der Waals surface area contributed by atoms with Crippen molar-refractivity contribution in [3.63, 3.8) is 0 Å². The summed E-state index contributed by atoms with van der Waals surface area (Å²) in [6.07, 6.45) is -0.642. The Hall–Kier alpha value is -1.07. The van der Waals surface area contributed by atoms with Crippen molar-refractivity contribution in [1.29, 1.82) is 0 Å². The number of benzene rings is 1. The van der Waals surface area contributed by atoms with Gasteiger partial charge in [-0.2, -0.15) is 0 Å². The first kappa shape index (κ1) is 13.0. The third kappa shape index (κ3) is 3.21. The molecule has 1 aromatic rings. The average molecular weight is 243 g/mol. The minimum Gasteiger partial charge on any atom is -0.392 e. The highest BCUT2D eigenvalue weighted by atomic mass is 32.1. The Morgan fingerprint density at radius 2 is 2.25 bits per heavy atom.